The van der Waals surface area contributed by atoms with Gasteiger partial charge >= 0.3 is 5.97 Å². The number of amides is 1. The number of rotatable bonds is 7. The van der Waals surface area contributed by atoms with Gasteiger partial charge in [0.05, 0.1) is 10.0 Å². The highest BCUT2D eigenvalue weighted by molar-refractivity contribution is 7.99. The number of aliphatic carboxylic acids is 1. The molecule has 8 nitrogen and oxygen atoms in total. The summed E-state index contributed by atoms with van der Waals surface area (Å²) >= 11 is 13.3. The zero-order chi connectivity index (χ0) is 20.3. The number of aromatic hydroxyl groups is 1. The molecule has 28 heavy (non-hydrogen) atoms. The molecule has 0 fully saturated rings. The summed E-state index contributed by atoms with van der Waals surface area (Å²) < 4.78 is 1.43. The lowest BCUT2D eigenvalue weighted by Crippen LogP contribution is -2.29. The fraction of sp³-hybridized carbons (Fsp3) is 0.176. The van der Waals surface area contributed by atoms with E-state index in [1.807, 2.05) is 6.07 Å². The zero-order valence-electron chi connectivity index (χ0n) is 14.2. The number of nitrogens with one attached hydrogen (secondary N) is 1. The topological polar surface area (TPSA) is 117 Å². The fourth-order valence-electron chi connectivity index (χ4n) is 2.47. The molecule has 0 aliphatic heterocycles. The van der Waals surface area contributed by atoms with Crippen LogP contribution in [0.25, 0.3) is 5.65 Å². The lowest BCUT2D eigenvalue weighted by molar-refractivity contribution is -0.135. The van der Waals surface area contributed by atoms with E-state index in [4.69, 9.17) is 28.3 Å². The highest BCUT2D eigenvalue weighted by atomic mass is 35.5. The van der Waals surface area contributed by atoms with Gasteiger partial charge in [-0.15, -0.1) is 11.8 Å². The molecule has 0 aliphatic carbocycles. The average molecular weight is 441 g/mol. The SMILES string of the molecule is O=C(O)CNC(=O)c1c(O)cc(SCCc2ccc(Cl)c(Cl)c2)n2ncnc12. The van der Waals surface area contributed by atoms with E-state index in [1.165, 1.54) is 28.7 Å². The van der Waals surface area contributed by atoms with Gasteiger partial charge in [-0.25, -0.2) is 9.50 Å². The van der Waals surface area contributed by atoms with Crippen LogP contribution in [0.4, 0.5) is 0 Å². The van der Waals surface area contributed by atoms with Gasteiger partial charge < -0.3 is 15.5 Å². The van der Waals surface area contributed by atoms with Crippen molar-refractivity contribution in [3.63, 3.8) is 0 Å². The van der Waals surface area contributed by atoms with Crippen LogP contribution >= 0.6 is 35.0 Å². The van der Waals surface area contributed by atoms with Crippen LogP contribution in [0.2, 0.25) is 10.0 Å². The number of aromatic nitrogens is 3. The second kappa shape index (κ2) is 8.68. The number of benzene rings is 1. The van der Waals surface area contributed by atoms with E-state index in [1.54, 1.807) is 12.1 Å². The second-order valence-corrected chi connectivity index (χ2v) is 7.59. The van der Waals surface area contributed by atoms with Crippen LogP contribution in [-0.4, -0.2) is 49.0 Å². The van der Waals surface area contributed by atoms with Gasteiger partial charge in [-0.1, -0.05) is 29.3 Å². The first-order valence-electron chi connectivity index (χ1n) is 7.99. The number of carbonyl (C=O) groups excluding carboxylic acids is 1. The number of carboxylic acid groups (broad SMARTS) is 1. The maximum absolute atomic E-state index is 12.2. The summed E-state index contributed by atoms with van der Waals surface area (Å²) in [5.41, 5.74) is 1.01. The highest BCUT2D eigenvalue weighted by Gasteiger charge is 2.21. The molecule has 3 N–H and O–H groups in total. The van der Waals surface area contributed by atoms with Gasteiger partial charge in [-0.2, -0.15) is 5.10 Å². The number of nitrogens with zero attached hydrogens (tertiary/aromatic N) is 3. The van der Waals surface area contributed by atoms with Crippen LogP contribution in [0.5, 0.6) is 5.75 Å². The van der Waals surface area contributed by atoms with Crippen molar-refractivity contribution in [1.82, 2.24) is 19.9 Å². The van der Waals surface area contributed by atoms with Crippen LogP contribution in [0, 0.1) is 0 Å². The highest BCUT2D eigenvalue weighted by Crippen LogP contribution is 2.29. The first-order chi connectivity index (χ1) is 13.4. The molecular formula is C17H14Cl2N4O4S. The van der Waals surface area contributed by atoms with Gasteiger partial charge in [0, 0.05) is 11.8 Å². The van der Waals surface area contributed by atoms with E-state index in [0.717, 1.165) is 5.56 Å². The minimum Gasteiger partial charge on any atom is -0.507 e. The molecule has 0 radical (unpaired) electrons. The summed E-state index contributed by atoms with van der Waals surface area (Å²) in [4.78, 5) is 26.9. The Kier molecular flexibility index (Phi) is 6.28. The molecule has 3 rings (SSSR count). The number of hydrogen-bond acceptors (Lipinski definition) is 6. The summed E-state index contributed by atoms with van der Waals surface area (Å²) in [5.74, 6) is -1.60. The Morgan fingerprint density at radius 3 is 2.71 bits per heavy atom. The number of halogens is 2. The molecule has 0 aliphatic rings. The largest absolute Gasteiger partial charge is 0.507 e. The van der Waals surface area contributed by atoms with Crippen molar-refractivity contribution in [2.45, 2.75) is 11.4 Å². The molecule has 0 bridgehead atoms. The van der Waals surface area contributed by atoms with Crippen molar-refractivity contribution in [2.24, 2.45) is 0 Å². The molecule has 3 aromatic rings. The molecule has 146 valence electrons. The summed E-state index contributed by atoms with van der Waals surface area (Å²) in [6.45, 7) is -0.571. The molecule has 2 aromatic heterocycles. The number of thioether (sulfide) groups is 1. The smallest absolute Gasteiger partial charge is 0.322 e. The van der Waals surface area contributed by atoms with E-state index in [9.17, 15) is 14.7 Å². The predicted molar refractivity (Wildman–Crippen MR) is 106 cm³/mol. The summed E-state index contributed by atoms with van der Waals surface area (Å²) in [6.07, 6.45) is 1.95. The van der Waals surface area contributed by atoms with E-state index < -0.39 is 18.4 Å². The van der Waals surface area contributed by atoms with E-state index in [-0.39, 0.29) is 17.0 Å². The Balaban J connectivity index is 1.78. The van der Waals surface area contributed by atoms with E-state index in [0.29, 0.717) is 27.2 Å². The standard InChI is InChI=1S/C17H14Cl2N4O4S/c18-10-2-1-9(5-11(10)19)3-4-28-13-6-12(24)15(16-21-8-22-23(13)16)17(27)20-7-14(25)26/h1-2,5-6,8,24H,3-4,7H2,(H,20,27)(H,25,26). The molecule has 2 heterocycles. The quantitative estimate of drug-likeness (QED) is 0.483. The Morgan fingerprint density at radius 1 is 1.21 bits per heavy atom. The monoisotopic (exact) mass is 440 g/mol. The third kappa shape index (κ3) is 4.49. The normalized spacial score (nSPS) is 10.9. The summed E-state index contributed by atoms with van der Waals surface area (Å²) in [5, 5.41) is 26.8. The molecule has 11 heteroatoms. The summed E-state index contributed by atoms with van der Waals surface area (Å²) in [6, 6.07) is 6.81. The van der Waals surface area contributed by atoms with Crippen LogP contribution in [0.15, 0.2) is 35.6 Å². The van der Waals surface area contributed by atoms with E-state index in [2.05, 4.69) is 15.4 Å². The lowest BCUT2D eigenvalue weighted by Gasteiger charge is -2.10. The predicted octanol–water partition coefficient (Wildman–Crippen LogP) is 2.89. The van der Waals surface area contributed by atoms with Crippen LogP contribution in [0.3, 0.4) is 0 Å². The average Bonchev–Trinajstić information content (AvgIpc) is 3.12. The molecule has 0 saturated carbocycles. The number of fused-ring (bicyclic) bond motifs is 1. The molecule has 0 unspecified atom stereocenters. The Hall–Kier alpha value is -2.49. The van der Waals surface area contributed by atoms with Gasteiger partial charge in [0.2, 0.25) is 0 Å². The fourth-order valence-corrected chi connectivity index (χ4v) is 3.79. The number of hydrogen-bond donors (Lipinski definition) is 3. The van der Waals surface area contributed by atoms with Gasteiger partial charge in [0.25, 0.3) is 5.91 Å². The van der Waals surface area contributed by atoms with Gasteiger partial charge in [-0.3, -0.25) is 9.59 Å². The Bertz CT molecular complexity index is 1060. The van der Waals surface area contributed by atoms with Crippen LogP contribution in [0.1, 0.15) is 15.9 Å². The number of carbonyl (C=O) groups is 2. The second-order valence-electron chi connectivity index (χ2n) is 5.66. The van der Waals surface area contributed by atoms with Crippen molar-refractivity contribution in [2.75, 3.05) is 12.3 Å². The summed E-state index contributed by atoms with van der Waals surface area (Å²) in [7, 11) is 0. The van der Waals surface area contributed by atoms with Gasteiger partial charge in [0.1, 0.15) is 29.2 Å². The van der Waals surface area contributed by atoms with Crippen molar-refractivity contribution in [3.8, 4) is 5.75 Å². The zero-order valence-corrected chi connectivity index (χ0v) is 16.6. The number of pyridine rings is 1. The van der Waals surface area contributed by atoms with E-state index >= 15 is 0 Å². The first-order valence-corrected chi connectivity index (χ1v) is 9.73. The van der Waals surface area contributed by atoms with Crippen molar-refractivity contribution in [1.29, 1.82) is 0 Å². The molecule has 0 spiro atoms. The molecule has 0 atom stereocenters. The molecular weight excluding hydrogens is 427 g/mol. The van der Waals surface area contributed by atoms with Gasteiger partial charge in [-0.05, 0) is 24.1 Å². The van der Waals surface area contributed by atoms with Gasteiger partial charge in [0.15, 0.2) is 5.65 Å². The van der Waals surface area contributed by atoms with Crippen LogP contribution in [-0.2, 0) is 11.2 Å². The minimum absolute atomic E-state index is 0.132. The molecule has 1 amide bonds. The lowest BCUT2D eigenvalue weighted by atomic mass is 10.2. The Morgan fingerprint density at radius 2 is 2.00 bits per heavy atom. The van der Waals surface area contributed by atoms with Crippen molar-refractivity contribution >= 4 is 52.5 Å². The molecule has 0 saturated heterocycles. The minimum atomic E-state index is -1.19. The first kappa shape index (κ1) is 20.2. The van der Waals surface area contributed by atoms with Crippen molar-refractivity contribution < 1.29 is 19.8 Å². The number of aryl methyl sites for hydroxylation is 1. The maximum Gasteiger partial charge on any atom is 0.322 e. The molecule has 1 aromatic carbocycles. The Labute approximate surface area is 173 Å². The number of carboxylic acids is 1. The third-order valence-electron chi connectivity index (χ3n) is 3.75. The third-order valence-corrected chi connectivity index (χ3v) is 5.48. The maximum atomic E-state index is 12.2. The van der Waals surface area contributed by atoms with Crippen molar-refractivity contribution in [3.05, 3.63) is 51.8 Å². The van der Waals surface area contributed by atoms with Crippen LogP contribution < -0.4 is 5.32 Å².